The molecule has 0 atom stereocenters. The Morgan fingerprint density at radius 3 is 2.67 bits per heavy atom. The molecule has 3 aromatic rings. The maximum atomic E-state index is 12.9. The van der Waals surface area contributed by atoms with Gasteiger partial charge in [-0.3, -0.25) is 14.5 Å². The van der Waals surface area contributed by atoms with Gasteiger partial charge in [-0.1, -0.05) is 6.07 Å². The van der Waals surface area contributed by atoms with E-state index in [1.807, 2.05) is 24.3 Å². The Hall–Kier alpha value is -3.67. The number of aryl methyl sites for hydroxylation is 1. The first kappa shape index (κ1) is 31.3. The van der Waals surface area contributed by atoms with Crippen molar-refractivity contribution in [2.24, 2.45) is 11.1 Å². The Balaban J connectivity index is 0.951. The van der Waals surface area contributed by atoms with E-state index in [2.05, 4.69) is 15.3 Å². The number of nitrogens with zero attached hydrogens (tertiary/aromatic N) is 3. The van der Waals surface area contributed by atoms with Crippen LogP contribution in [0.2, 0.25) is 0 Å². The van der Waals surface area contributed by atoms with E-state index in [9.17, 15) is 14.7 Å². The Bertz CT molecular complexity index is 1510. The molecular weight excluding hydrogens is 574 g/mol. The smallest absolute Gasteiger partial charge is 0.252 e. The van der Waals surface area contributed by atoms with Gasteiger partial charge in [0.2, 0.25) is 5.91 Å². The first-order valence-corrected chi connectivity index (χ1v) is 16.0. The molecule has 1 spiro atoms. The lowest BCUT2D eigenvalue weighted by Gasteiger charge is -2.57. The molecule has 3 fully saturated rings. The van der Waals surface area contributed by atoms with Crippen LogP contribution in [0.5, 0.6) is 11.5 Å². The molecule has 1 aromatic carbocycles. The van der Waals surface area contributed by atoms with Gasteiger partial charge in [-0.15, -0.1) is 0 Å². The van der Waals surface area contributed by atoms with E-state index < -0.39 is 11.5 Å². The number of benzene rings is 1. The summed E-state index contributed by atoms with van der Waals surface area (Å²) in [6, 6.07) is 9.61. The fourth-order valence-electron chi connectivity index (χ4n) is 6.90. The van der Waals surface area contributed by atoms with Crippen LogP contribution in [0.1, 0.15) is 67.4 Å². The number of fused-ring (bicyclic) bond motifs is 1. The summed E-state index contributed by atoms with van der Waals surface area (Å²) < 4.78 is 19.1. The van der Waals surface area contributed by atoms with Gasteiger partial charge in [-0.05, 0) is 94.2 Å². The summed E-state index contributed by atoms with van der Waals surface area (Å²) >= 11 is 0. The Labute approximate surface area is 264 Å². The lowest BCUT2D eigenvalue weighted by atomic mass is 9.53. The van der Waals surface area contributed by atoms with Gasteiger partial charge in [0.05, 0.1) is 54.8 Å². The maximum Gasteiger partial charge on any atom is 0.252 e. The second kappa shape index (κ2) is 13.0. The molecule has 0 radical (unpaired) electrons. The van der Waals surface area contributed by atoms with Gasteiger partial charge in [0, 0.05) is 24.7 Å². The zero-order valence-corrected chi connectivity index (χ0v) is 26.3. The predicted octanol–water partition coefficient (Wildman–Crippen LogP) is 2.90. The van der Waals surface area contributed by atoms with Crippen molar-refractivity contribution in [1.29, 1.82) is 0 Å². The molecule has 4 N–H and O–H groups in total. The zero-order chi connectivity index (χ0) is 31.6. The SMILES string of the molecule is CC(C)(O)COc1ccc2c(CC(=O)NC3CC4(C3)CC(Oc3cc(CCCN5CCOCC5)ccc3C(N)=O)C4)cnn2c1. The molecule has 11 heteroatoms. The lowest BCUT2D eigenvalue weighted by molar-refractivity contribution is -0.126. The molecule has 45 heavy (non-hydrogen) atoms. The number of primary amides is 1. The van der Waals surface area contributed by atoms with Gasteiger partial charge in [0.25, 0.3) is 5.91 Å². The molecule has 6 rings (SSSR count). The molecule has 1 saturated heterocycles. The normalized spacial score (nSPS) is 23.4. The van der Waals surface area contributed by atoms with Crippen LogP contribution in [0.4, 0.5) is 0 Å². The third-order valence-corrected chi connectivity index (χ3v) is 9.21. The van der Waals surface area contributed by atoms with E-state index in [1.54, 1.807) is 36.8 Å². The number of nitrogens with one attached hydrogen (secondary N) is 1. The highest BCUT2D eigenvalue weighted by Crippen LogP contribution is 2.57. The van der Waals surface area contributed by atoms with E-state index in [1.165, 1.54) is 0 Å². The summed E-state index contributed by atoms with van der Waals surface area (Å²) in [4.78, 5) is 27.4. The number of hydrogen-bond acceptors (Lipinski definition) is 8. The molecule has 0 unspecified atom stereocenters. The molecule has 3 heterocycles. The number of carbonyl (C=O) groups is 2. The highest BCUT2D eigenvalue weighted by molar-refractivity contribution is 5.95. The number of morpholine rings is 1. The van der Waals surface area contributed by atoms with Crippen molar-refractivity contribution in [2.45, 2.75) is 76.5 Å². The minimum atomic E-state index is -0.931. The molecule has 11 nitrogen and oxygen atoms in total. The van der Waals surface area contributed by atoms with Crippen molar-refractivity contribution in [3.05, 3.63) is 59.4 Å². The van der Waals surface area contributed by atoms with Gasteiger partial charge in [0.15, 0.2) is 0 Å². The molecule has 2 saturated carbocycles. The first-order valence-electron chi connectivity index (χ1n) is 16.0. The van der Waals surface area contributed by atoms with Crippen molar-refractivity contribution in [3.63, 3.8) is 0 Å². The summed E-state index contributed by atoms with van der Waals surface area (Å²) in [7, 11) is 0. The van der Waals surface area contributed by atoms with Crippen LogP contribution in [-0.4, -0.2) is 88.6 Å². The topological polar surface area (TPSA) is 141 Å². The van der Waals surface area contributed by atoms with Crippen molar-refractivity contribution in [3.8, 4) is 11.5 Å². The maximum absolute atomic E-state index is 12.9. The number of aliphatic hydroxyl groups is 1. The van der Waals surface area contributed by atoms with Crippen LogP contribution in [0.15, 0.2) is 42.7 Å². The van der Waals surface area contributed by atoms with E-state index >= 15 is 0 Å². The third kappa shape index (κ3) is 7.77. The fourth-order valence-corrected chi connectivity index (χ4v) is 6.90. The number of aromatic nitrogens is 2. The van der Waals surface area contributed by atoms with Crippen LogP contribution >= 0.6 is 0 Å². The van der Waals surface area contributed by atoms with E-state index in [-0.39, 0.29) is 36.5 Å². The summed E-state index contributed by atoms with van der Waals surface area (Å²) in [5, 5.41) is 17.5. The standard InChI is InChI=1S/C34H45N5O6/c1-33(2,42)22-44-26-6-8-29-24(20-36-39(29)21-26)15-31(40)37-25-16-34(17-25)18-27(19-34)45-30-14-23(5-7-28(30)32(35)41)4-3-9-38-10-12-43-13-11-38/h5-8,14,20-21,25,27,42H,3-4,9-13,15-19,22H2,1-2H3,(H2,35,41)(H,37,40). The number of pyridine rings is 1. The van der Waals surface area contributed by atoms with Crippen LogP contribution in [0.25, 0.3) is 5.52 Å². The molecule has 242 valence electrons. The first-order chi connectivity index (χ1) is 21.5. The summed E-state index contributed by atoms with van der Waals surface area (Å²) in [5.74, 6) is 0.691. The van der Waals surface area contributed by atoms with E-state index in [0.29, 0.717) is 17.1 Å². The predicted molar refractivity (Wildman–Crippen MR) is 168 cm³/mol. The van der Waals surface area contributed by atoms with E-state index in [0.717, 1.165) is 88.0 Å². The van der Waals surface area contributed by atoms with Crippen LogP contribution in [0, 0.1) is 5.41 Å². The molecule has 2 aromatic heterocycles. The van der Waals surface area contributed by atoms with Crippen LogP contribution in [0.3, 0.4) is 0 Å². The number of carbonyl (C=O) groups excluding carboxylic acids is 2. The van der Waals surface area contributed by atoms with E-state index in [4.69, 9.17) is 19.9 Å². The van der Waals surface area contributed by atoms with Gasteiger partial charge >= 0.3 is 0 Å². The highest BCUT2D eigenvalue weighted by atomic mass is 16.5. The molecule has 1 aliphatic heterocycles. The Kier molecular flexibility index (Phi) is 9.03. The molecule has 3 aliphatic rings. The number of ether oxygens (including phenoxy) is 3. The zero-order valence-electron chi connectivity index (χ0n) is 26.3. The van der Waals surface area contributed by atoms with Gasteiger partial charge in [-0.25, -0.2) is 4.52 Å². The summed E-state index contributed by atoms with van der Waals surface area (Å²) in [5.41, 5.74) is 8.20. The van der Waals surface area contributed by atoms with Gasteiger partial charge in [0.1, 0.15) is 18.1 Å². The van der Waals surface area contributed by atoms with Gasteiger partial charge in [-0.2, -0.15) is 5.10 Å². The minimum Gasteiger partial charge on any atom is -0.490 e. The molecule has 2 aliphatic carbocycles. The number of nitrogens with two attached hydrogens (primary N) is 1. The van der Waals surface area contributed by atoms with Crippen molar-refractivity contribution in [1.82, 2.24) is 19.8 Å². The second-order valence-electron chi connectivity index (χ2n) is 13.7. The number of hydrogen-bond donors (Lipinski definition) is 3. The monoisotopic (exact) mass is 619 g/mol. The van der Waals surface area contributed by atoms with Crippen LogP contribution < -0.4 is 20.5 Å². The quantitative estimate of drug-likeness (QED) is 0.265. The Morgan fingerprint density at radius 2 is 1.93 bits per heavy atom. The molecular formula is C34H45N5O6. The van der Waals surface area contributed by atoms with Crippen molar-refractivity contribution < 1.29 is 28.9 Å². The lowest BCUT2D eigenvalue weighted by Crippen LogP contribution is -2.59. The van der Waals surface area contributed by atoms with Crippen LogP contribution in [-0.2, 0) is 22.4 Å². The summed E-state index contributed by atoms with van der Waals surface area (Å²) in [6.45, 7) is 8.13. The highest BCUT2D eigenvalue weighted by Gasteiger charge is 2.54. The largest absolute Gasteiger partial charge is 0.490 e. The minimum absolute atomic E-state index is 0.0178. The Morgan fingerprint density at radius 1 is 1.16 bits per heavy atom. The second-order valence-corrected chi connectivity index (χ2v) is 13.7. The molecule has 2 amide bonds. The molecule has 0 bridgehead atoms. The summed E-state index contributed by atoms with van der Waals surface area (Å²) in [6.07, 6.45) is 9.38. The number of amides is 2. The fraction of sp³-hybridized carbons (Fsp3) is 0.559. The third-order valence-electron chi connectivity index (χ3n) is 9.21. The van der Waals surface area contributed by atoms with Gasteiger partial charge < -0.3 is 30.4 Å². The van der Waals surface area contributed by atoms with Crippen molar-refractivity contribution in [2.75, 3.05) is 39.5 Å². The van der Waals surface area contributed by atoms with Crippen molar-refractivity contribution >= 4 is 17.3 Å². The average Bonchev–Trinajstić information content (AvgIpc) is 3.35. The average molecular weight is 620 g/mol. The number of rotatable bonds is 13.